The number of carbonyl (C=O) groups is 3. The number of anilines is 2. The van der Waals surface area contributed by atoms with Crippen LogP contribution in [0.1, 0.15) is 43.9 Å². The van der Waals surface area contributed by atoms with Crippen LogP contribution in [0.4, 0.5) is 11.4 Å². The first-order valence-corrected chi connectivity index (χ1v) is 12.9. The van der Waals surface area contributed by atoms with Gasteiger partial charge in [0.2, 0.25) is 0 Å². The quantitative estimate of drug-likeness (QED) is 0.380. The maximum absolute atomic E-state index is 13.7. The van der Waals surface area contributed by atoms with Gasteiger partial charge in [0.05, 0.1) is 17.3 Å². The number of carbonyl (C=O) groups excluding carboxylic acids is 3. The maximum Gasteiger partial charge on any atom is 0.258 e. The molecule has 0 unspecified atom stereocenters. The minimum absolute atomic E-state index is 0.00718. The lowest BCUT2D eigenvalue weighted by molar-refractivity contribution is 0.0744. The number of nitrogens with one attached hydrogen (secondary N) is 1. The summed E-state index contributed by atoms with van der Waals surface area (Å²) in [6, 6.07) is 31.6. The Hall–Kier alpha value is -4.71. The van der Waals surface area contributed by atoms with Crippen molar-refractivity contribution in [2.45, 2.75) is 18.9 Å². The molecule has 1 atom stereocenters. The standard InChI is InChI=1S/C32H27N3O3/c36-30(27-13-5-4-12-26(27)22-9-2-1-3-10-22)33-24-18-16-23(17-19-24)31(37)35-21-25-11-8-20-34(25)32(38)28-14-6-7-15-29(28)35/h1-7,9-10,12-19,25H,8,11,20-21H2,(H,33,36)/t25-/m1/s1. The van der Waals surface area contributed by atoms with E-state index in [1.165, 1.54) is 0 Å². The maximum atomic E-state index is 13.7. The van der Waals surface area contributed by atoms with E-state index in [0.717, 1.165) is 30.5 Å². The SMILES string of the molecule is O=C(Nc1ccc(C(=O)N2C[C@H]3CCCN3C(=O)c3ccccc32)cc1)c1ccccc1-c1ccccc1. The molecular weight excluding hydrogens is 474 g/mol. The lowest BCUT2D eigenvalue weighted by atomic mass is 9.99. The molecule has 188 valence electrons. The zero-order valence-corrected chi connectivity index (χ0v) is 20.8. The van der Waals surface area contributed by atoms with Crippen molar-refractivity contribution >= 4 is 29.1 Å². The van der Waals surface area contributed by atoms with Crippen molar-refractivity contribution in [2.24, 2.45) is 0 Å². The second kappa shape index (κ2) is 9.98. The molecule has 0 aliphatic carbocycles. The monoisotopic (exact) mass is 501 g/mol. The molecule has 0 aromatic heterocycles. The van der Waals surface area contributed by atoms with Crippen molar-refractivity contribution in [2.75, 3.05) is 23.3 Å². The van der Waals surface area contributed by atoms with E-state index in [1.807, 2.05) is 71.6 Å². The van der Waals surface area contributed by atoms with E-state index < -0.39 is 0 Å². The van der Waals surface area contributed by atoms with E-state index in [9.17, 15) is 14.4 Å². The van der Waals surface area contributed by atoms with Crippen LogP contribution in [0.15, 0.2) is 103 Å². The van der Waals surface area contributed by atoms with Crippen LogP contribution in [0.3, 0.4) is 0 Å². The number of hydrogen-bond donors (Lipinski definition) is 1. The first kappa shape index (κ1) is 23.7. The molecule has 0 bridgehead atoms. The third-order valence-corrected chi connectivity index (χ3v) is 7.35. The molecule has 38 heavy (non-hydrogen) atoms. The van der Waals surface area contributed by atoms with Gasteiger partial charge in [-0.05, 0) is 66.4 Å². The van der Waals surface area contributed by atoms with Crippen LogP contribution in [-0.2, 0) is 0 Å². The summed E-state index contributed by atoms with van der Waals surface area (Å²) in [7, 11) is 0. The molecule has 2 aliphatic heterocycles. The molecule has 6 rings (SSSR count). The van der Waals surface area contributed by atoms with E-state index in [2.05, 4.69) is 5.32 Å². The summed E-state index contributed by atoms with van der Waals surface area (Å²) in [5, 5.41) is 2.96. The van der Waals surface area contributed by atoms with Gasteiger partial charge in [0.15, 0.2) is 0 Å². The van der Waals surface area contributed by atoms with Crippen LogP contribution in [0.25, 0.3) is 11.1 Å². The van der Waals surface area contributed by atoms with Gasteiger partial charge in [0, 0.05) is 29.9 Å². The zero-order chi connectivity index (χ0) is 26.1. The Morgan fingerprint density at radius 2 is 1.45 bits per heavy atom. The predicted octanol–water partition coefficient (Wildman–Crippen LogP) is 5.87. The summed E-state index contributed by atoms with van der Waals surface area (Å²) in [5.41, 5.74) is 4.71. The van der Waals surface area contributed by atoms with Gasteiger partial charge in [0.1, 0.15) is 0 Å². The highest BCUT2D eigenvalue weighted by molar-refractivity contribution is 6.12. The molecule has 4 aromatic carbocycles. The van der Waals surface area contributed by atoms with Crippen LogP contribution >= 0.6 is 0 Å². The Morgan fingerprint density at radius 1 is 0.763 bits per heavy atom. The highest BCUT2D eigenvalue weighted by Crippen LogP contribution is 2.32. The highest BCUT2D eigenvalue weighted by Gasteiger charge is 2.38. The number of amides is 3. The van der Waals surface area contributed by atoms with Crippen LogP contribution in [0.5, 0.6) is 0 Å². The van der Waals surface area contributed by atoms with Crippen LogP contribution in [0, 0.1) is 0 Å². The lowest BCUT2D eigenvalue weighted by Gasteiger charge is -2.26. The number of fused-ring (bicyclic) bond motifs is 2. The second-order valence-electron chi connectivity index (χ2n) is 9.67. The number of hydrogen-bond acceptors (Lipinski definition) is 3. The summed E-state index contributed by atoms with van der Waals surface area (Å²) in [6.07, 6.45) is 1.83. The van der Waals surface area contributed by atoms with Crippen LogP contribution in [0.2, 0.25) is 0 Å². The third-order valence-electron chi connectivity index (χ3n) is 7.35. The Bertz CT molecular complexity index is 1510. The average molecular weight is 502 g/mol. The number of rotatable bonds is 4. The summed E-state index contributed by atoms with van der Waals surface area (Å²) in [6.45, 7) is 1.19. The van der Waals surface area contributed by atoms with Crippen LogP contribution < -0.4 is 10.2 Å². The molecule has 1 saturated heterocycles. The van der Waals surface area contributed by atoms with E-state index in [1.54, 1.807) is 41.3 Å². The van der Waals surface area contributed by atoms with E-state index in [-0.39, 0.29) is 23.8 Å². The first-order valence-electron chi connectivity index (χ1n) is 12.9. The molecule has 2 heterocycles. The number of benzene rings is 4. The molecule has 3 amide bonds. The molecule has 1 fully saturated rings. The van der Waals surface area contributed by atoms with Crippen molar-refractivity contribution in [3.8, 4) is 11.1 Å². The Kier molecular flexibility index (Phi) is 6.22. The van der Waals surface area contributed by atoms with E-state index in [4.69, 9.17) is 0 Å². The highest BCUT2D eigenvalue weighted by atomic mass is 16.2. The van der Waals surface area contributed by atoms with Gasteiger partial charge in [0.25, 0.3) is 17.7 Å². The second-order valence-corrected chi connectivity index (χ2v) is 9.67. The summed E-state index contributed by atoms with van der Waals surface area (Å²) < 4.78 is 0. The van der Waals surface area contributed by atoms with E-state index >= 15 is 0 Å². The van der Waals surface area contributed by atoms with Gasteiger partial charge in [-0.3, -0.25) is 14.4 Å². The normalized spacial score (nSPS) is 16.4. The molecule has 0 spiro atoms. The average Bonchev–Trinajstić information content (AvgIpc) is 3.40. The zero-order valence-electron chi connectivity index (χ0n) is 20.8. The van der Waals surface area contributed by atoms with Gasteiger partial charge < -0.3 is 15.1 Å². The van der Waals surface area contributed by atoms with Crippen molar-refractivity contribution in [1.29, 1.82) is 0 Å². The third kappa shape index (κ3) is 4.34. The fourth-order valence-electron chi connectivity index (χ4n) is 5.44. The van der Waals surface area contributed by atoms with Gasteiger partial charge in [-0.25, -0.2) is 0 Å². The molecule has 6 nitrogen and oxygen atoms in total. The Labute approximate surface area is 221 Å². The lowest BCUT2D eigenvalue weighted by Crippen LogP contribution is -2.42. The molecular formula is C32H27N3O3. The molecule has 0 radical (unpaired) electrons. The molecule has 6 heteroatoms. The van der Waals surface area contributed by atoms with Crippen molar-refractivity contribution in [1.82, 2.24) is 4.90 Å². The smallest absolute Gasteiger partial charge is 0.258 e. The van der Waals surface area contributed by atoms with E-state index in [0.29, 0.717) is 34.6 Å². The molecule has 4 aromatic rings. The van der Waals surface area contributed by atoms with Crippen molar-refractivity contribution in [3.63, 3.8) is 0 Å². The van der Waals surface area contributed by atoms with Crippen molar-refractivity contribution < 1.29 is 14.4 Å². The number of para-hydroxylation sites is 1. The fourth-order valence-corrected chi connectivity index (χ4v) is 5.44. The number of nitrogens with zero attached hydrogens (tertiary/aromatic N) is 2. The Balaban J connectivity index is 1.23. The minimum Gasteiger partial charge on any atom is -0.334 e. The largest absolute Gasteiger partial charge is 0.334 e. The van der Waals surface area contributed by atoms with Crippen LogP contribution in [-0.4, -0.2) is 41.8 Å². The van der Waals surface area contributed by atoms with Crippen molar-refractivity contribution in [3.05, 3.63) is 120 Å². The predicted molar refractivity (Wildman–Crippen MR) is 148 cm³/mol. The fraction of sp³-hybridized carbons (Fsp3) is 0.156. The summed E-state index contributed by atoms with van der Waals surface area (Å²) in [4.78, 5) is 43.6. The van der Waals surface area contributed by atoms with Gasteiger partial charge in [-0.1, -0.05) is 60.7 Å². The van der Waals surface area contributed by atoms with Gasteiger partial charge in [-0.2, -0.15) is 0 Å². The topological polar surface area (TPSA) is 69.7 Å². The molecule has 2 aliphatic rings. The summed E-state index contributed by atoms with van der Waals surface area (Å²) >= 11 is 0. The first-order chi connectivity index (χ1) is 18.6. The van der Waals surface area contributed by atoms with Gasteiger partial charge in [-0.15, -0.1) is 0 Å². The van der Waals surface area contributed by atoms with Gasteiger partial charge >= 0.3 is 0 Å². The molecule has 0 saturated carbocycles. The summed E-state index contributed by atoms with van der Waals surface area (Å²) in [5.74, 6) is -0.386. The molecule has 1 N–H and O–H groups in total. The Morgan fingerprint density at radius 3 is 2.24 bits per heavy atom. The minimum atomic E-state index is -0.218.